The number of pyridine rings is 1. The third-order valence-electron chi connectivity index (χ3n) is 5.06. The first-order valence-electron chi connectivity index (χ1n) is 9.37. The molecule has 3 heterocycles. The number of aliphatic hydroxyl groups excluding tert-OH is 1. The highest BCUT2D eigenvalue weighted by molar-refractivity contribution is 7.11. The lowest BCUT2D eigenvalue weighted by atomic mass is 10.1. The van der Waals surface area contributed by atoms with E-state index in [1.54, 1.807) is 13.3 Å². The lowest BCUT2D eigenvalue weighted by Crippen LogP contribution is -2.35. The molecule has 7 heteroatoms. The number of aliphatic hydroxyl groups is 1. The zero-order valence-electron chi connectivity index (χ0n) is 16.3. The van der Waals surface area contributed by atoms with Crippen LogP contribution in [-0.4, -0.2) is 45.5 Å². The summed E-state index contributed by atoms with van der Waals surface area (Å²) in [5.74, 6) is 1.27. The van der Waals surface area contributed by atoms with E-state index in [1.165, 1.54) is 11.3 Å². The molecule has 0 amide bonds. The van der Waals surface area contributed by atoms with Crippen LogP contribution < -0.4 is 4.74 Å². The molecule has 4 rings (SSSR count). The Labute approximate surface area is 173 Å². The Balaban J connectivity index is 1.55. The second-order valence-electron chi connectivity index (χ2n) is 6.82. The van der Waals surface area contributed by atoms with Crippen molar-refractivity contribution in [1.82, 2.24) is 14.9 Å². The van der Waals surface area contributed by atoms with E-state index in [2.05, 4.69) is 4.98 Å². The number of thiazole rings is 1. The molecular formula is C22H22N4O2S. The minimum absolute atomic E-state index is 0.197. The van der Waals surface area contributed by atoms with Crippen molar-refractivity contribution in [3.63, 3.8) is 0 Å². The van der Waals surface area contributed by atoms with Gasteiger partial charge in [0.2, 0.25) is 0 Å². The molecule has 3 aromatic rings. The number of rotatable bonds is 6. The fraction of sp³-hybridized carbons (Fsp3) is 0.227. The Morgan fingerprint density at radius 3 is 2.86 bits per heavy atom. The molecule has 0 saturated heterocycles. The van der Waals surface area contributed by atoms with E-state index in [0.29, 0.717) is 29.4 Å². The number of hydrogen-bond acceptors (Lipinski definition) is 6. The van der Waals surface area contributed by atoms with Crippen LogP contribution in [0.4, 0.5) is 0 Å². The maximum absolute atomic E-state index is 10.7. The van der Waals surface area contributed by atoms with Gasteiger partial charge in [-0.05, 0) is 31.2 Å². The van der Waals surface area contributed by atoms with E-state index in [-0.39, 0.29) is 11.8 Å². The van der Waals surface area contributed by atoms with Crippen molar-refractivity contribution < 1.29 is 9.84 Å². The number of aromatic nitrogens is 2. The van der Waals surface area contributed by atoms with Crippen molar-refractivity contribution in [1.29, 1.82) is 5.41 Å². The van der Waals surface area contributed by atoms with E-state index in [9.17, 15) is 5.11 Å². The molecule has 1 aromatic carbocycles. The number of nitrogens with zero attached hydrogens (tertiary/aromatic N) is 3. The van der Waals surface area contributed by atoms with Gasteiger partial charge in [0.1, 0.15) is 22.4 Å². The van der Waals surface area contributed by atoms with Crippen LogP contribution in [0.3, 0.4) is 0 Å². The van der Waals surface area contributed by atoms with Crippen LogP contribution in [0, 0.1) is 5.41 Å². The van der Waals surface area contributed by atoms with E-state index in [0.717, 1.165) is 22.7 Å². The van der Waals surface area contributed by atoms with E-state index in [1.807, 2.05) is 59.7 Å². The molecule has 1 atom stereocenters. The van der Waals surface area contributed by atoms with Gasteiger partial charge in [0.15, 0.2) is 0 Å². The molecule has 6 nitrogen and oxygen atoms in total. The summed E-state index contributed by atoms with van der Waals surface area (Å²) in [7, 11) is 1.63. The Bertz CT molecular complexity index is 1060. The van der Waals surface area contributed by atoms with Crippen molar-refractivity contribution in [3.8, 4) is 17.0 Å². The maximum atomic E-state index is 10.7. The van der Waals surface area contributed by atoms with Crippen molar-refractivity contribution >= 4 is 22.7 Å². The SMILES string of the molecule is COc1cccc(-c2csc(C3=C(O)C(C)N(CCc4ccccn4)C3=N)n2)c1. The number of methoxy groups -OCH3 is 1. The first-order valence-corrected chi connectivity index (χ1v) is 10.3. The fourth-order valence-corrected chi connectivity index (χ4v) is 4.30. The van der Waals surface area contributed by atoms with Gasteiger partial charge >= 0.3 is 0 Å². The standard InChI is InChI=1S/C22H22N4O2S/c1-14-20(27)19(21(23)26(14)11-9-16-7-3-4-10-24-16)22-25-18(13-29-22)15-6-5-8-17(12-15)28-2/h3-8,10,12-14,23,27H,9,11H2,1-2H3. The van der Waals surface area contributed by atoms with Gasteiger partial charge in [-0.1, -0.05) is 18.2 Å². The number of amidine groups is 1. The Kier molecular flexibility index (Phi) is 5.31. The molecule has 0 spiro atoms. The highest BCUT2D eigenvalue weighted by atomic mass is 32.1. The summed E-state index contributed by atoms with van der Waals surface area (Å²) in [6, 6.07) is 13.3. The first kappa shape index (κ1) is 19.1. The molecule has 0 radical (unpaired) electrons. The average Bonchev–Trinajstić information content (AvgIpc) is 3.31. The van der Waals surface area contributed by atoms with Crippen molar-refractivity contribution in [2.24, 2.45) is 0 Å². The van der Waals surface area contributed by atoms with Crippen LogP contribution >= 0.6 is 11.3 Å². The van der Waals surface area contributed by atoms with E-state index in [4.69, 9.17) is 15.1 Å². The summed E-state index contributed by atoms with van der Waals surface area (Å²) >= 11 is 1.43. The minimum Gasteiger partial charge on any atom is -0.509 e. The third kappa shape index (κ3) is 3.73. The normalized spacial score (nSPS) is 16.6. The monoisotopic (exact) mass is 406 g/mol. The topological polar surface area (TPSA) is 82.3 Å². The molecule has 148 valence electrons. The predicted octanol–water partition coefficient (Wildman–Crippen LogP) is 4.41. The van der Waals surface area contributed by atoms with Crippen LogP contribution in [0.5, 0.6) is 5.75 Å². The molecule has 0 fully saturated rings. The van der Waals surface area contributed by atoms with Crippen LogP contribution in [0.25, 0.3) is 16.8 Å². The average molecular weight is 407 g/mol. The highest BCUT2D eigenvalue weighted by Crippen LogP contribution is 2.35. The van der Waals surface area contributed by atoms with E-state index >= 15 is 0 Å². The van der Waals surface area contributed by atoms with Gasteiger partial charge in [0.05, 0.1) is 24.4 Å². The number of nitrogens with one attached hydrogen (secondary N) is 1. The molecule has 2 N–H and O–H groups in total. The van der Waals surface area contributed by atoms with Gasteiger partial charge in [0, 0.05) is 35.8 Å². The predicted molar refractivity (Wildman–Crippen MR) is 115 cm³/mol. The molecular weight excluding hydrogens is 384 g/mol. The summed E-state index contributed by atoms with van der Waals surface area (Å²) in [5, 5.41) is 22.0. The summed E-state index contributed by atoms with van der Waals surface area (Å²) in [5.41, 5.74) is 3.22. The maximum Gasteiger partial charge on any atom is 0.135 e. The largest absolute Gasteiger partial charge is 0.509 e. The lowest BCUT2D eigenvalue weighted by molar-refractivity contribution is 0.287. The third-order valence-corrected chi connectivity index (χ3v) is 5.92. The minimum atomic E-state index is -0.259. The Morgan fingerprint density at radius 2 is 2.10 bits per heavy atom. The van der Waals surface area contributed by atoms with Gasteiger partial charge < -0.3 is 14.7 Å². The van der Waals surface area contributed by atoms with Gasteiger partial charge in [-0.15, -0.1) is 11.3 Å². The molecule has 29 heavy (non-hydrogen) atoms. The second kappa shape index (κ2) is 8.05. The summed E-state index contributed by atoms with van der Waals surface area (Å²) in [6.45, 7) is 2.52. The van der Waals surface area contributed by atoms with E-state index < -0.39 is 0 Å². The highest BCUT2D eigenvalue weighted by Gasteiger charge is 2.35. The summed E-state index contributed by atoms with van der Waals surface area (Å²) in [4.78, 5) is 10.9. The molecule has 1 unspecified atom stereocenters. The van der Waals surface area contributed by atoms with Gasteiger partial charge in [-0.25, -0.2) is 4.98 Å². The lowest BCUT2D eigenvalue weighted by Gasteiger charge is -2.23. The number of ether oxygens (including phenoxy) is 1. The molecule has 2 aromatic heterocycles. The van der Waals surface area contributed by atoms with Crippen LogP contribution in [0.15, 0.2) is 59.8 Å². The Hall–Kier alpha value is -3.19. The fourth-order valence-electron chi connectivity index (χ4n) is 3.42. The molecule has 0 saturated carbocycles. The van der Waals surface area contributed by atoms with Crippen molar-refractivity contribution in [2.75, 3.05) is 13.7 Å². The number of hydrogen-bond donors (Lipinski definition) is 2. The Morgan fingerprint density at radius 1 is 1.24 bits per heavy atom. The molecule has 1 aliphatic rings. The molecule has 0 aliphatic carbocycles. The molecule has 0 bridgehead atoms. The van der Waals surface area contributed by atoms with Gasteiger partial charge in [0.25, 0.3) is 0 Å². The first-order chi connectivity index (χ1) is 14.1. The molecule has 1 aliphatic heterocycles. The quantitative estimate of drug-likeness (QED) is 0.634. The zero-order chi connectivity index (χ0) is 20.4. The van der Waals surface area contributed by atoms with Gasteiger partial charge in [-0.3, -0.25) is 10.4 Å². The van der Waals surface area contributed by atoms with Crippen LogP contribution in [0.2, 0.25) is 0 Å². The van der Waals surface area contributed by atoms with Gasteiger partial charge in [-0.2, -0.15) is 0 Å². The summed E-state index contributed by atoms with van der Waals surface area (Å²) < 4.78 is 5.29. The van der Waals surface area contributed by atoms with Crippen molar-refractivity contribution in [2.45, 2.75) is 19.4 Å². The van der Waals surface area contributed by atoms with Crippen LogP contribution in [-0.2, 0) is 6.42 Å². The second-order valence-corrected chi connectivity index (χ2v) is 7.68. The summed E-state index contributed by atoms with van der Waals surface area (Å²) in [6.07, 6.45) is 2.48. The smallest absolute Gasteiger partial charge is 0.135 e. The zero-order valence-corrected chi connectivity index (χ0v) is 17.1. The van der Waals surface area contributed by atoms with Crippen molar-refractivity contribution in [3.05, 3.63) is 70.5 Å². The number of benzene rings is 1. The van der Waals surface area contributed by atoms with Crippen LogP contribution in [0.1, 0.15) is 17.6 Å².